The van der Waals surface area contributed by atoms with E-state index in [0.29, 0.717) is 11.6 Å². The van der Waals surface area contributed by atoms with Crippen molar-refractivity contribution in [2.45, 2.75) is 39.8 Å². The molecular weight excluding hydrogens is 260 g/mol. The number of amides is 3. The molecule has 8 heteroatoms. The quantitative estimate of drug-likeness (QED) is 0.688. The number of carbonyl (C=O) groups excluding carboxylic acids is 2. The lowest BCUT2D eigenvalue weighted by molar-refractivity contribution is -0.133. The van der Waals surface area contributed by atoms with E-state index in [0.717, 1.165) is 6.42 Å². The second-order valence-electron chi connectivity index (χ2n) is 4.90. The second-order valence-corrected chi connectivity index (χ2v) is 4.90. The number of hydrogen-bond donors (Lipinski definition) is 3. The number of rotatable bonds is 6. The van der Waals surface area contributed by atoms with E-state index >= 15 is 0 Å². The van der Waals surface area contributed by atoms with Gasteiger partial charge in [0.15, 0.2) is 5.82 Å². The topological polar surface area (TPSA) is 117 Å². The maximum Gasteiger partial charge on any atom is 0.312 e. The van der Waals surface area contributed by atoms with E-state index in [4.69, 9.17) is 5.73 Å². The Kier molecular flexibility index (Phi) is 5.48. The zero-order chi connectivity index (χ0) is 15.3. The first-order valence-electron chi connectivity index (χ1n) is 6.54. The van der Waals surface area contributed by atoms with Crippen LogP contribution in [0.4, 0.5) is 4.79 Å². The van der Waals surface area contributed by atoms with E-state index in [-0.39, 0.29) is 18.4 Å². The van der Waals surface area contributed by atoms with Gasteiger partial charge in [-0.05, 0) is 12.8 Å². The maximum atomic E-state index is 12.4. The summed E-state index contributed by atoms with van der Waals surface area (Å²) in [6.45, 7) is 5.90. The van der Waals surface area contributed by atoms with Crippen molar-refractivity contribution < 1.29 is 9.59 Å². The third-order valence-corrected chi connectivity index (χ3v) is 3.18. The Morgan fingerprint density at radius 2 is 2.15 bits per heavy atom. The van der Waals surface area contributed by atoms with Gasteiger partial charge in [-0.15, -0.1) is 0 Å². The molecule has 2 atom stereocenters. The molecule has 0 bridgehead atoms. The lowest BCUT2D eigenvalue weighted by atomic mass is 9.98. The minimum Gasteiger partial charge on any atom is -0.352 e. The van der Waals surface area contributed by atoms with Gasteiger partial charge in [0.2, 0.25) is 5.91 Å². The van der Waals surface area contributed by atoms with Crippen molar-refractivity contribution in [1.29, 1.82) is 0 Å². The van der Waals surface area contributed by atoms with Gasteiger partial charge >= 0.3 is 6.03 Å². The van der Waals surface area contributed by atoms with E-state index in [1.807, 2.05) is 13.8 Å². The van der Waals surface area contributed by atoms with Crippen molar-refractivity contribution in [2.75, 3.05) is 7.05 Å². The fourth-order valence-corrected chi connectivity index (χ4v) is 1.82. The van der Waals surface area contributed by atoms with Crippen molar-refractivity contribution in [3.05, 3.63) is 11.6 Å². The predicted molar refractivity (Wildman–Crippen MR) is 73.6 cm³/mol. The number of carbonyl (C=O) groups is 2. The number of nitrogens with zero attached hydrogens (tertiary/aromatic N) is 3. The summed E-state index contributed by atoms with van der Waals surface area (Å²) in [5.74, 6) is 1.00. The number of likely N-dealkylation sites (N-methyl/N-ethyl adjacent to an activating group) is 1. The number of hydrogen-bond acceptors (Lipinski definition) is 4. The number of urea groups is 1. The average molecular weight is 282 g/mol. The first-order chi connectivity index (χ1) is 9.35. The largest absolute Gasteiger partial charge is 0.352 e. The van der Waals surface area contributed by atoms with Gasteiger partial charge in [0.1, 0.15) is 11.9 Å². The summed E-state index contributed by atoms with van der Waals surface area (Å²) in [5, 5.41) is 9.20. The van der Waals surface area contributed by atoms with Crippen molar-refractivity contribution in [3.63, 3.8) is 0 Å². The van der Waals surface area contributed by atoms with Crippen LogP contribution in [0.25, 0.3) is 0 Å². The van der Waals surface area contributed by atoms with Crippen LogP contribution >= 0.6 is 0 Å². The number of aromatic nitrogens is 3. The minimum absolute atomic E-state index is 0.00803. The van der Waals surface area contributed by atoms with Crippen molar-refractivity contribution in [1.82, 2.24) is 25.4 Å². The van der Waals surface area contributed by atoms with E-state index < -0.39 is 12.1 Å². The molecule has 0 fully saturated rings. The van der Waals surface area contributed by atoms with Crippen LogP contribution in [0, 0.1) is 12.8 Å². The molecule has 0 aliphatic rings. The molecule has 0 radical (unpaired) electrons. The van der Waals surface area contributed by atoms with Crippen molar-refractivity contribution >= 4 is 11.9 Å². The molecule has 4 N–H and O–H groups in total. The third kappa shape index (κ3) is 4.22. The highest BCUT2D eigenvalue weighted by Crippen LogP contribution is 2.11. The van der Waals surface area contributed by atoms with Crippen LogP contribution in [0.1, 0.15) is 31.9 Å². The summed E-state index contributed by atoms with van der Waals surface area (Å²) in [6.07, 6.45) is 0.754. The molecule has 0 aliphatic carbocycles. The number of aryl methyl sites for hydroxylation is 1. The Morgan fingerprint density at radius 3 is 2.60 bits per heavy atom. The molecule has 0 aromatic carbocycles. The van der Waals surface area contributed by atoms with Crippen LogP contribution in [0.2, 0.25) is 0 Å². The molecule has 3 amide bonds. The van der Waals surface area contributed by atoms with E-state index in [1.54, 1.807) is 14.0 Å². The number of H-pyrrole nitrogens is 1. The fraction of sp³-hybridized carbons (Fsp3) is 0.667. The van der Waals surface area contributed by atoms with Crippen molar-refractivity contribution in [3.8, 4) is 0 Å². The Labute approximate surface area is 118 Å². The molecule has 1 aromatic heterocycles. The van der Waals surface area contributed by atoms with Crippen molar-refractivity contribution in [2.24, 2.45) is 11.7 Å². The van der Waals surface area contributed by atoms with Gasteiger partial charge in [-0.2, -0.15) is 5.10 Å². The summed E-state index contributed by atoms with van der Waals surface area (Å²) in [4.78, 5) is 29.0. The molecule has 20 heavy (non-hydrogen) atoms. The smallest absolute Gasteiger partial charge is 0.312 e. The average Bonchev–Trinajstić information content (AvgIpc) is 2.79. The Balaban J connectivity index is 2.74. The van der Waals surface area contributed by atoms with Gasteiger partial charge in [0.05, 0.1) is 6.54 Å². The summed E-state index contributed by atoms with van der Waals surface area (Å²) < 4.78 is 0. The van der Waals surface area contributed by atoms with Gasteiger partial charge < -0.3 is 16.0 Å². The standard InChI is InChI=1S/C12H22N6O2/c1-5-7(2)10(15-12(13)20)11(19)18(4)6-9-14-8(3)16-17-9/h7,10H,5-6H2,1-4H3,(H3,13,15,20)(H,14,16,17). The van der Waals surface area contributed by atoms with Crippen LogP contribution in [0.5, 0.6) is 0 Å². The maximum absolute atomic E-state index is 12.4. The number of aromatic amines is 1. The minimum atomic E-state index is -0.703. The van der Waals surface area contributed by atoms with Crippen LogP contribution in [0.15, 0.2) is 0 Å². The molecule has 0 saturated carbocycles. The predicted octanol–water partition coefficient (Wildman–Crippen LogP) is 0.155. The molecule has 8 nitrogen and oxygen atoms in total. The molecule has 0 saturated heterocycles. The Hall–Kier alpha value is -2.12. The first kappa shape index (κ1) is 15.9. The molecule has 0 spiro atoms. The Morgan fingerprint density at radius 1 is 1.50 bits per heavy atom. The normalized spacial score (nSPS) is 13.6. The summed E-state index contributed by atoms with van der Waals surface area (Å²) >= 11 is 0. The zero-order valence-electron chi connectivity index (χ0n) is 12.3. The molecule has 1 rings (SSSR count). The third-order valence-electron chi connectivity index (χ3n) is 3.18. The molecular formula is C12H22N6O2. The summed E-state index contributed by atoms with van der Waals surface area (Å²) in [7, 11) is 1.64. The highest BCUT2D eigenvalue weighted by molar-refractivity contribution is 5.86. The van der Waals surface area contributed by atoms with Gasteiger partial charge in [-0.3, -0.25) is 9.89 Å². The SMILES string of the molecule is CCC(C)C(NC(N)=O)C(=O)N(C)Cc1n[nH]c(C)n1. The van der Waals surface area contributed by atoms with Gasteiger partial charge in [-0.1, -0.05) is 20.3 Å². The van der Waals surface area contributed by atoms with Crippen LogP contribution in [0.3, 0.4) is 0 Å². The Bertz CT molecular complexity index is 472. The number of primary amides is 1. The highest BCUT2D eigenvalue weighted by atomic mass is 16.2. The van der Waals surface area contributed by atoms with Crippen LogP contribution in [-0.4, -0.2) is 45.1 Å². The molecule has 0 aliphatic heterocycles. The van der Waals surface area contributed by atoms with Gasteiger partial charge in [-0.25, -0.2) is 9.78 Å². The molecule has 112 valence electrons. The highest BCUT2D eigenvalue weighted by Gasteiger charge is 2.28. The lowest BCUT2D eigenvalue weighted by Gasteiger charge is -2.27. The van der Waals surface area contributed by atoms with E-state index in [1.165, 1.54) is 4.90 Å². The monoisotopic (exact) mass is 282 g/mol. The van der Waals surface area contributed by atoms with Gasteiger partial charge in [0, 0.05) is 7.05 Å². The first-order valence-corrected chi connectivity index (χ1v) is 6.54. The second kappa shape index (κ2) is 6.88. The lowest BCUT2D eigenvalue weighted by Crippen LogP contribution is -2.52. The zero-order valence-corrected chi connectivity index (χ0v) is 12.3. The van der Waals surface area contributed by atoms with E-state index in [9.17, 15) is 9.59 Å². The summed E-state index contributed by atoms with van der Waals surface area (Å²) in [5.41, 5.74) is 5.13. The number of nitrogens with two attached hydrogens (primary N) is 1. The van der Waals surface area contributed by atoms with Gasteiger partial charge in [0.25, 0.3) is 0 Å². The van der Waals surface area contributed by atoms with Crippen LogP contribution in [-0.2, 0) is 11.3 Å². The molecule has 1 aromatic rings. The molecule has 1 heterocycles. The van der Waals surface area contributed by atoms with Crippen LogP contribution < -0.4 is 11.1 Å². The molecule has 2 unspecified atom stereocenters. The summed E-state index contributed by atoms with van der Waals surface area (Å²) in [6, 6.07) is -1.34. The fourth-order valence-electron chi connectivity index (χ4n) is 1.82. The number of nitrogens with one attached hydrogen (secondary N) is 2. The van der Waals surface area contributed by atoms with E-state index in [2.05, 4.69) is 20.5 Å².